The van der Waals surface area contributed by atoms with Gasteiger partial charge in [0.2, 0.25) is 0 Å². The molecular formula is C21H39N3O5S2. The number of hydrogen-bond donors (Lipinski definition) is 1. The second kappa shape index (κ2) is 16.6. The molecule has 0 aliphatic carbocycles. The Labute approximate surface area is 193 Å². The molecule has 0 radical (unpaired) electrons. The van der Waals surface area contributed by atoms with E-state index in [0.717, 1.165) is 57.0 Å². The van der Waals surface area contributed by atoms with Crippen LogP contribution in [0.4, 0.5) is 0 Å². The van der Waals surface area contributed by atoms with Crippen molar-refractivity contribution in [1.82, 2.24) is 13.7 Å². The van der Waals surface area contributed by atoms with Gasteiger partial charge in [0.1, 0.15) is 0 Å². The van der Waals surface area contributed by atoms with Gasteiger partial charge in [-0.2, -0.15) is 23.5 Å². The molecule has 0 aliphatic heterocycles. The molecule has 0 saturated heterocycles. The van der Waals surface area contributed by atoms with E-state index in [2.05, 4.69) is 13.8 Å². The van der Waals surface area contributed by atoms with Gasteiger partial charge in [0.15, 0.2) is 0 Å². The Morgan fingerprint density at radius 3 is 1.87 bits per heavy atom. The summed E-state index contributed by atoms with van der Waals surface area (Å²) in [5.74, 6) is 3.34. The summed E-state index contributed by atoms with van der Waals surface area (Å²) < 4.78 is 8.85. The Balaban J connectivity index is 2.52. The Morgan fingerprint density at radius 2 is 1.32 bits per heavy atom. The van der Waals surface area contributed by atoms with E-state index < -0.39 is 17.1 Å². The number of aliphatic hydroxyl groups excluding tert-OH is 1. The summed E-state index contributed by atoms with van der Waals surface area (Å²) in [5, 5.41) is 9.21. The van der Waals surface area contributed by atoms with Gasteiger partial charge in [-0.25, -0.2) is 28.1 Å². The molecule has 0 bridgehead atoms. The van der Waals surface area contributed by atoms with Crippen molar-refractivity contribution in [3.8, 4) is 0 Å². The molecule has 1 rings (SSSR count). The van der Waals surface area contributed by atoms with Gasteiger partial charge in [0, 0.05) is 26.3 Å². The zero-order chi connectivity index (χ0) is 23.1. The summed E-state index contributed by atoms with van der Waals surface area (Å²) in [6.07, 6.45) is 6.58. The molecule has 0 aliphatic rings. The lowest BCUT2D eigenvalue weighted by Gasteiger charge is -2.13. The maximum Gasteiger partial charge on any atom is 0.336 e. The van der Waals surface area contributed by atoms with E-state index in [1.165, 1.54) is 6.42 Å². The standard InChI is InChI=1S/C21H39N3O5S2/c1-18(2)8-4-13-29-14-7-17-31-16-6-10-23-19(26)22(9-5-15-30-3)20(27)24(11-12-25)21(23)28/h18,25H,4-17H2,1-3H3. The summed E-state index contributed by atoms with van der Waals surface area (Å²) in [7, 11) is 0. The highest BCUT2D eigenvalue weighted by Gasteiger charge is 2.14. The zero-order valence-corrected chi connectivity index (χ0v) is 20.8. The quantitative estimate of drug-likeness (QED) is 0.323. The maximum absolute atomic E-state index is 12.7. The Bertz CT molecular complexity index is 789. The van der Waals surface area contributed by atoms with Crippen molar-refractivity contribution >= 4 is 23.5 Å². The van der Waals surface area contributed by atoms with E-state index in [0.29, 0.717) is 18.8 Å². The van der Waals surface area contributed by atoms with E-state index >= 15 is 0 Å². The summed E-state index contributed by atoms with van der Waals surface area (Å²) >= 11 is 3.42. The molecule has 1 aromatic heterocycles. The van der Waals surface area contributed by atoms with Gasteiger partial charge in [-0.3, -0.25) is 0 Å². The highest BCUT2D eigenvalue weighted by Crippen LogP contribution is 2.06. The molecule has 0 saturated carbocycles. The first kappa shape index (κ1) is 28.1. The maximum atomic E-state index is 12.7. The average molecular weight is 478 g/mol. The van der Waals surface area contributed by atoms with Crippen molar-refractivity contribution in [2.45, 2.75) is 65.6 Å². The monoisotopic (exact) mass is 477 g/mol. The van der Waals surface area contributed by atoms with Gasteiger partial charge in [-0.05, 0) is 61.5 Å². The minimum absolute atomic E-state index is 0.105. The number of hydrogen-bond acceptors (Lipinski definition) is 7. The van der Waals surface area contributed by atoms with E-state index in [1.807, 2.05) is 6.26 Å². The van der Waals surface area contributed by atoms with Crippen LogP contribution in [0.2, 0.25) is 0 Å². The van der Waals surface area contributed by atoms with Gasteiger partial charge in [-0.15, -0.1) is 0 Å². The molecule has 0 unspecified atom stereocenters. The fourth-order valence-corrected chi connectivity index (χ4v) is 4.39. The van der Waals surface area contributed by atoms with Crippen molar-refractivity contribution in [3.05, 3.63) is 31.5 Å². The van der Waals surface area contributed by atoms with Gasteiger partial charge in [0.25, 0.3) is 0 Å². The van der Waals surface area contributed by atoms with Crippen LogP contribution in [-0.4, -0.2) is 62.1 Å². The number of thioether (sulfide) groups is 2. The highest BCUT2D eigenvalue weighted by atomic mass is 32.2. The minimum atomic E-state index is -0.635. The first-order chi connectivity index (χ1) is 14.9. The van der Waals surface area contributed by atoms with Crippen molar-refractivity contribution in [1.29, 1.82) is 0 Å². The second-order valence-corrected chi connectivity index (χ2v) is 10.1. The van der Waals surface area contributed by atoms with Crippen LogP contribution in [0, 0.1) is 5.92 Å². The number of ether oxygens (including phenoxy) is 1. The third kappa shape index (κ3) is 10.5. The van der Waals surface area contributed by atoms with Crippen molar-refractivity contribution in [2.24, 2.45) is 5.92 Å². The van der Waals surface area contributed by atoms with Crippen LogP contribution in [-0.2, 0) is 24.4 Å². The lowest BCUT2D eigenvalue weighted by Crippen LogP contribution is -2.55. The van der Waals surface area contributed by atoms with E-state index in [1.54, 1.807) is 23.5 Å². The predicted molar refractivity (Wildman–Crippen MR) is 131 cm³/mol. The number of rotatable bonds is 18. The summed E-state index contributed by atoms with van der Waals surface area (Å²) in [5.41, 5.74) is -1.82. The Kier molecular flexibility index (Phi) is 15.1. The molecule has 0 amide bonds. The zero-order valence-electron chi connectivity index (χ0n) is 19.2. The fourth-order valence-electron chi connectivity index (χ4n) is 3.11. The smallest absolute Gasteiger partial charge is 0.336 e. The fraction of sp³-hybridized carbons (Fsp3) is 0.857. The summed E-state index contributed by atoms with van der Waals surface area (Å²) in [4.78, 5) is 37.8. The first-order valence-electron chi connectivity index (χ1n) is 11.1. The highest BCUT2D eigenvalue weighted by molar-refractivity contribution is 7.99. The lowest BCUT2D eigenvalue weighted by atomic mass is 10.1. The lowest BCUT2D eigenvalue weighted by molar-refractivity contribution is 0.129. The van der Waals surface area contributed by atoms with E-state index in [9.17, 15) is 19.5 Å². The molecule has 31 heavy (non-hydrogen) atoms. The third-order valence-electron chi connectivity index (χ3n) is 4.76. The molecule has 0 atom stereocenters. The van der Waals surface area contributed by atoms with E-state index in [4.69, 9.17) is 4.74 Å². The topological polar surface area (TPSA) is 95.5 Å². The first-order valence-corrected chi connectivity index (χ1v) is 13.7. The SMILES string of the molecule is CSCCCn1c(=O)n(CCO)c(=O)n(CCCSCCCOCCCC(C)C)c1=O. The minimum Gasteiger partial charge on any atom is -0.395 e. The molecule has 10 heteroatoms. The summed E-state index contributed by atoms with van der Waals surface area (Å²) in [6.45, 7) is 6.12. The molecule has 1 N–H and O–H groups in total. The van der Waals surface area contributed by atoms with Crippen LogP contribution in [0.5, 0.6) is 0 Å². The second-order valence-electron chi connectivity index (χ2n) is 7.84. The molecule has 0 fully saturated rings. The van der Waals surface area contributed by atoms with E-state index in [-0.39, 0.29) is 26.2 Å². The molecular weight excluding hydrogens is 438 g/mol. The van der Waals surface area contributed by atoms with Crippen molar-refractivity contribution < 1.29 is 9.84 Å². The van der Waals surface area contributed by atoms with Crippen LogP contribution in [0.15, 0.2) is 14.4 Å². The molecule has 0 aromatic carbocycles. The average Bonchev–Trinajstić information content (AvgIpc) is 2.73. The van der Waals surface area contributed by atoms with Gasteiger partial charge in [-0.1, -0.05) is 13.8 Å². The normalized spacial score (nSPS) is 11.5. The molecule has 8 nitrogen and oxygen atoms in total. The molecule has 0 spiro atoms. The number of nitrogens with zero attached hydrogens (tertiary/aromatic N) is 3. The molecule has 180 valence electrons. The Morgan fingerprint density at radius 1 is 0.806 bits per heavy atom. The van der Waals surface area contributed by atoms with Crippen molar-refractivity contribution in [3.63, 3.8) is 0 Å². The van der Waals surface area contributed by atoms with Gasteiger partial charge < -0.3 is 9.84 Å². The Hall–Kier alpha value is -0.970. The predicted octanol–water partition coefficient (Wildman–Crippen LogP) is 1.88. The molecule has 1 heterocycles. The third-order valence-corrected chi connectivity index (χ3v) is 6.61. The molecule has 1 aromatic rings. The largest absolute Gasteiger partial charge is 0.395 e. The van der Waals surface area contributed by atoms with Crippen molar-refractivity contribution in [2.75, 3.05) is 43.3 Å². The van der Waals surface area contributed by atoms with Crippen LogP contribution in [0.1, 0.15) is 46.0 Å². The van der Waals surface area contributed by atoms with Crippen LogP contribution in [0.25, 0.3) is 0 Å². The number of aromatic nitrogens is 3. The summed E-state index contributed by atoms with van der Waals surface area (Å²) in [6, 6.07) is 0. The van der Waals surface area contributed by atoms with Crippen LogP contribution in [0.3, 0.4) is 0 Å². The van der Waals surface area contributed by atoms with Gasteiger partial charge in [0.05, 0.1) is 13.2 Å². The van der Waals surface area contributed by atoms with Crippen LogP contribution >= 0.6 is 23.5 Å². The van der Waals surface area contributed by atoms with Gasteiger partial charge >= 0.3 is 17.1 Å². The number of aliphatic hydroxyl groups is 1. The van der Waals surface area contributed by atoms with Crippen LogP contribution < -0.4 is 17.1 Å².